The highest BCUT2D eigenvalue weighted by Gasteiger charge is 2.34. The van der Waals surface area contributed by atoms with Crippen LogP contribution in [-0.4, -0.2) is 37.6 Å². The zero-order chi connectivity index (χ0) is 16.0. The number of methoxy groups -OCH3 is 1. The summed E-state index contributed by atoms with van der Waals surface area (Å²) in [5.41, 5.74) is 7.06. The summed E-state index contributed by atoms with van der Waals surface area (Å²) in [5.74, 6) is -0.760. The Morgan fingerprint density at radius 1 is 1.43 bits per heavy atom. The van der Waals surface area contributed by atoms with Gasteiger partial charge in [-0.3, -0.25) is 4.79 Å². The van der Waals surface area contributed by atoms with E-state index in [1.165, 1.54) is 18.3 Å². The number of carbonyl (C=O) groups is 1. The molecule has 0 aliphatic carbocycles. The summed E-state index contributed by atoms with van der Waals surface area (Å²) in [6, 6.07) is 7.03. The number of nitrogen functional groups attached to an aromatic ring is 1. The summed E-state index contributed by atoms with van der Waals surface area (Å²) in [7, 11) is -2.59. The van der Waals surface area contributed by atoms with Crippen LogP contribution in [0.5, 0.6) is 0 Å². The molecule has 1 aromatic rings. The van der Waals surface area contributed by atoms with Crippen molar-refractivity contribution in [2.24, 2.45) is 0 Å². The van der Waals surface area contributed by atoms with Gasteiger partial charge < -0.3 is 10.5 Å². The molecule has 7 heteroatoms. The predicted molar refractivity (Wildman–Crippen MR) is 82.0 cm³/mol. The van der Waals surface area contributed by atoms with Gasteiger partial charge in [-0.2, -0.15) is 4.31 Å². The lowest BCUT2D eigenvalue weighted by molar-refractivity contribution is -0.139. The van der Waals surface area contributed by atoms with Gasteiger partial charge in [-0.05, 0) is 31.0 Å². The summed E-state index contributed by atoms with van der Waals surface area (Å²) in [6.45, 7) is 3.73. The number of carbonyl (C=O) groups excluding carboxylic acids is 1. The molecule has 0 bridgehead atoms. The SMILES string of the molecule is CCCN(Cc1cccc(N)c1)S(=O)(=O)C(C)C(=O)OC. The first-order valence-corrected chi connectivity index (χ1v) is 8.24. The van der Waals surface area contributed by atoms with E-state index in [1.807, 2.05) is 6.92 Å². The van der Waals surface area contributed by atoms with Gasteiger partial charge in [0.25, 0.3) is 0 Å². The molecule has 2 N–H and O–H groups in total. The maximum Gasteiger partial charge on any atom is 0.325 e. The van der Waals surface area contributed by atoms with Gasteiger partial charge in [-0.25, -0.2) is 8.42 Å². The number of anilines is 1. The Morgan fingerprint density at radius 3 is 2.62 bits per heavy atom. The smallest absolute Gasteiger partial charge is 0.325 e. The molecule has 0 aromatic heterocycles. The molecule has 0 radical (unpaired) electrons. The van der Waals surface area contributed by atoms with Crippen molar-refractivity contribution >= 4 is 21.7 Å². The predicted octanol–water partition coefficient (Wildman–Crippen LogP) is 1.37. The Kier molecular flexibility index (Phi) is 6.17. The van der Waals surface area contributed by atoms with Crippen molar-refractivity contribution < 1.29 is 17.9 Å². The van der Waals surface area contributed by atoms with E-state index in [0.29, 0.717) is 18.7 Å². The van der Waals surface area contributed by atoms with Crippen LogP contribution in [0, 0.1) is 0 Å². The van der Waals surface area contributed by atoms with Crippen molar-refractivity contribution in [2.75, 3.05) is 19.4 Å². The minimum absolute atomic E-state index is 0.183. The van der Waals surface area contributed by atoms with Crippen molar-refractivity contribution in [3.8, 4) is 0 Å². The fourth-order valence-electron chi connectivity index (χ4n) is 1.95. The van der Waals surface area contributed by atoms with Crippen LogP contribution in [0.1, 0.15) is 25.8 Å². The molecular formula is C14H22N2O4S. The average molecular weight is 314 g/mol. The fraction of sp³-hybridized carbons (Fsp3) is 0.500. The van der Waals surface area contributed by atoms with Crippen LogP contribution in [0.15, 0.2) is 24.3 Å². The molecule has 0 saturated carbocycles. The molecular weight excluding hydrogens is 292 g/mol. The molecule has 0 spiro atoms. The van der Waals surface area contributed by atoms with Gasteiger partial charge in [0.1, 0.15) is 0 Å². The molecule has 6 nitrogen and oxygen atoms in total. The van der Waals surface area contributed by atoms with E-state index in [1.54, 1.807) is 24.3 Å². The minimum atomic E-state index is -3.77. The Morgan fingerprint density at radius 2 is 2.10 bits per heavy atom. The number of nitrogens with two attached hydrogens (primary N) is 1. The number of sulfonamides is 1. The average Bonchev–Trinajstić information content (AvgIpc) is 2.45. The molecule has 1 atom stereocenters. The second-order valence-electron chi connectivity index (χ2n) is 4.79. The van der Waals surface area contributed by atoms with E-state index in [0.717, 1.165) is 5.56 Å². The first-order valence-electron chi connectivity index (χ1n) is 6.74. The summed E-state index contributed by atoms with van der Waals surface area (Å²) < 4.78 is 30.8. The number of nitrogens with zero attached hydrogens (tertiary/aromatic N) is 1. The Balaban J connectivity index is 3.03. The lowest BCUT2D eigenvalue weighted by Crippen LogP contribution is -2.41. The van der Waals surface area contributed by atoms with Crippen LogP contribution in [0.3, 0.4) is 0 Å². The second-order valence-corrected chi connectivity index (χ2v) is 7.04. The summed E-state index contributed by atoms with van der Waals surface area (Å²) >= 11 is 0. The summed E-state index contributed by atoms with van der Waals surface area (Å²) in [5, 5.41) is -1.23. The number of hydrogen-bond acceptors (Lipinski definition) is 5. The largest absolute Gasteiger partial charge is 0.468 e. The van der Waals surface area contributed by atoms with Crippen LogP contribution in [0.4, 0.5) is 5.69 Å². The van der Waals surface area contributed by atoms with Crippen molar-refractivity contribution in [3.05, 3.63) is 29.8 Å². The van der Waals surface area contributed by atoms with Gasteiger partial charge in [-0.15, -0.1) is 0 Å². The van der Waals surface area contributed by atoms with E-state index in [4.69, 9.17) is 5.73 Å². The van der Waals surface area contributed by atoms with E-state index in [2.05, 4.69) is 4.74 Å². The molecule has 0 amide bonds. The van der Waals surface area contributed by atoms with Gasteiger partial charge in [0, 0.05) is 18.8 Å². The topological polar surface area (TPSA) is 89.7 Å². The molecule has 0 aliphatic heterocycles. The maximum atomic E-state index is 12.5. The van der Waals surface area contributed by atoms with Crippen molar-refractivity contribution in [3.63, 3.8) is 0 Å². The molecule has 21 heavy (non-hydrogen) atoms. The number of ether oxygens (including phenoxy) is 1. The lowest BCUT2D eigenvalue weighted by Gasteiger charge is -2.24. The molecule has 1 aromatic carbocycles. The third-order valence-electron chi connectivity index (χ3n) is 3.12. The number of rotatable bonds is 7. The van der Waals surface area contributed by atoms with Crippen LogP contribution < -0.4 is 5.73 Å². The van der Waals surface area contributed by atoms with Crippen LogP contribution in [0.2, 0.25) is 0 Å². The highest BCUT2D eigenvalue weighted by molar-refractivity contribution is 7.90. The lowest BCUT2D eigenvalue weighted by atomic mass is 10.2. The molecule has 0 heterocycles. The standard InChI is InChI=1S/C14H22N2O4S/c1-4-8-16(10-12-6-5-7-13(15)9-12)21(18,19)11(2)14(17)20-3/h5-7,9,11H,4,8,10,15H2,1-3H3. The third-order valence-corrected chi connectivity index (χ3v) is 5.24. The number of hydrogen-bond donors (Lipinski definition) is 1. The third kappa shape index (κ3) is 4.44. The first kappa shape index (κ1) is 17.5. The van der Waals surface area contributed by atoms with Gasteiger partial charge in [0.05, 0.1) is 7.11 Å². The van der Waals surface area contributed by atoms with E-state index in [9.17, 15) is 13.2 Å². The summed E-state index contributed by atoms with van der Waals surface area (Å²) in [6.07, 6.45) is 0.648. The van der Waals surface area contributed by atoms with Crippen molar-refractivity contribution in [1.82, 2.24) is 4.31 Å². The Labute approximate surface area is 125 Å². The molecule has 0 fully saturated rings. The van der Waals surface area contributed by atoms with Crippen LogP contribution >= 0.6 is 0 Å². The van der Waals surface area contributed by atoms with Crippen molar-refractivity contribution in [2.45, 2.75) is 32.1 Å². The molecule has 0 saturated heterocycles. The zero-order valence-electron chi connectivity index (χ0n) is 12.6. The van der Waals surface area contributed by atoms with Gasteiger partial charge in [-0.1, -0.05) is 19.1 Å². The summed E-state index contributed by atoms with van der Waals surface area (Å²) in [4.78, 5) is 11.5. The van der Waals surface area contributed by atoms with Gasteiger partial charge in [0.2, 0.25) is 10.0 Å². The zero-order valence-corrected chi connectivity index (χ0v) is 13.4. The number of esters is 1. The first-order chi connectivity index (χ1) is 9.82. The fourth-order valence-corrected chi connectivity index (χ4v) is 3.50. The van der Waals surface area contributed by atoms with Crippen LogP contribution in [0.25, 0.3) is 0 Å². The molecule has 1 unspecified atom stereocenters. The van der Waals surface area contributed by atoms with Crippen molar-refractivity contribution in [1.29, 1.82) is 0 Å². The highest BCUT2D eigenvalue weighted by atomic mass is 32.2. The minimum Gasteiger partial charge on any atom is -0.468 e. The van der Waals surface area contributed by atoms with Gasteiger partial charge in [0.15, 0.2) is 5.25 Å². The highest BCUT2D eigenvalue weighted by Crippen LogP contribution is 2.17. The van der Waals surface area contributed by atoms with E-state index < -0.39 is 21.2 Å². The molecule has 118 valence electrons. The Hall–Kier alpha value is -1.60. The normalized spacial score (nSPS) is 13.1. The number of benzene rings is 1. The van der Waals surface area contributed by atoms with Gasteiger partial charge >= 0.3 is 5.97 Å². The monoisotopic (exact) mass is 314 g/mol. The Bertz CT molecular complexity index is 586. The second kappa shape index (κ2) is 7.42. The van der Waals surface area contributed by atoms with E-state index >= 15 is 0 Å². The maximum absolute atomic E-state index is 12.5. The van der Waals surface area contributed by atoms with E-state index in [-0.39, 0.29) is 6.54 Å². The molecule has 1 rings (SSSR count). The quantitative estimate of drug-likeness (QED) is 0.606. The van der Waals surface area contributed by atoms with Crippen LogP contribution in [-0.2, 0) is 26.1 Å². The molecule has 0 aliphatic rings.